The van der Waals surface area contributed by atoms with E-state index in [1.807, 2.05) is 6.92 Å². The summed E-state index contributed by atoms with van der Waals surface area (Å²) in [4.78, 5) is 11.9. The summed E-state index contributed by atoms with van der Waals surface area (Å²) in [6, 6.07) is -0.134. The second-order valence-electron chi connectivity index (χ2n) is 5.29. The number of hydrogen-bond acceptors (Lipinski definition) is 3. The summed E-state index contributed by atoms with van der Waals surface area (Å²) in [5.74, 6) is 0.0113. The van der Waals surface area contributed by atoms with Gasteiger partial charge in [-0.15, -0.1) is 0 Å². The predicted octanol–water partition coefficient (Wildman–Crippen LogP) is 0.652. The Labute approximate surface area is 97.8 Å². The van der Waals surface area contributed by atoms with Gasteiger partial charge in [-0.2, -0.15) is 0 Å². The molecular weight excluding hydrogens is 204 g/mol. The fourth-order valence-electron chi connectivity index (χ4n) is 2.12. The van der Waals surface area contributed by atoms with Crippen molar-refractivity contribution in [3.63, 3.8) is 0 Å². The van der Waals surface area contributed by atoms with Crippen molar-refractivity contribution in [2.75, 3.05) is 13.1 Å². The van der Waals surface area contributed by atoms with Crippen molar-refractivity contribution in [1.29, 1.82) is 0 Å². The zero-order chi connectivity index (χ0) is 12.2. The van der Waals surface area contributed by atoms with Gasteiger partial charge in [-0.05, 0) is 31.2 Å². The molecule has 3 N–H and O–H groups in total. The monoisotopic (exact) mass is 228 g/mol. The molecule has 0 aliphatic carbocycles. The summed E-state index contributed by atoms with van der Waals surface area (Å²) in [6.07, 6.45) is 2.42. The highest BCUT2D eigenvalue weighted by atomic mass is 16.3. The van der Waals surface area contributed by atoms with Crippen LogP contribution in [0.4, 0.5) is 0 Å². The van der Waals surface area contributed by atoms with Crippen molar-refractivity contribution in [2.45, 2.75) is 52.2 Å². The summed E-state index contributed by atoms with van der Waals surface area (Å²) in [5, 5.41) is 15.5. The van der Waals surface area contributed by atoms with Crippen LogP contribution in [0.2, 0.25) is 0 Å². The molecule has 0 radical (unpaired) electrons. The summed E-state index contributed by atoms with van der Waals surface area (Å²) in [6.45, 7) is 7.38. The molecule has 0 saturated carbocycles. The number of carbonyl (C=O) groups excluding carboxylic acids is 1. The maximum atomic E-state index is 11.9. The van der Waals surface area contributed by atoms with Crippen LogP contribution in [0.25, 0.3) is 0 Å². The molecule has 4 heteroatoms. The Hall–Kier alpha value is -0.610. The minimum Gasteiger partial charge on any atom is -0.391 e. The largest absolute Gasteiger partial charge is 0.391 e. The number of amides is 1. The van der Waals surface area contributed by atoms with Crippen molar-refractivity contribution in [2.24, 2.45) is 5.41 Å². The smallest absolute Gasteiger partial charge is 0.237 e. The molecule has 2 atom stereocenters. The van der Waals surface area contributed by atoms with Crippen LogP contribution in [-0.2, 0) is 4.79 Å². The third-order valence-electron chi connectivity index (χ3n) is 3.37. The number of piperidine rings is 1. The molecule has 0 aromatic heterocycles. The molecule has 1 saturated heterocycles. The van der Waals surface area contributed by atoms with E-state index in [1.165, 1.54) is 0 Å². The van der Waals surface area contributed by atoms with Crippen LogP contribution in [-0.4, -0.2) is 36.2 Å². The van der Waals surface area contributed by atoms with Crippen molar-refractivity contribution in [1.82, 2.24) is 10.6 Å². The van der Waals surface area contributed by atoms with Gasteiger partial charge >= 0.3 is 0 Å². The number of carbonyl (C=O) groups is 1. The van der Waals surface area contributed by atoms with Crippen molar-refractivity contribution >= 4 is 5.91 Å². The molecule has 4 nitrogen and oxygen atoms in total. The lowest BCUT2D eigenvalue weighted by Crippen LogP contribution is -2.56. The predicted molar refractivity (Wildman–Crippen MR) is 64.1 cm³/mol. The number of rotatable bonds is 4. The zero-order valence-electron chi connectivity index (χ0n) is 10.5. The lowest BCUT2D eigenvalue weighted by atomic mass is 9.77. The number of nitrogens with one attached hydrogen (secondary N) is 2. The molecule has 1 rings (SSSR count). The van der Waals surface area contributed by atoms with Gasteiger partial charge in [0.05, 0.1) is 12.1 Å². The standard InChI is InChI=1S/C12H24N2O2/c1-4-9(15)8-14-11(16)10-12(2,3)6-5-7-13-10/h9-10,13,15H,4-8H2,1-3H3,(H,14,16). The van der Waals surface area contributed by atoms with Crippen LogP contribution in [0.1, 0.15) is 40.0 Å². The highest BCUT2D eigenvalue weighted by molar-refractivity contribution is 5.82. The van der Waals surface area contributed by atoms with E-state index in [9.17, 15) is 9.90 Å². The van der Waals surface area contributed by atoms with Gasteiger partial charge in [0.25, 0.3) is 0 Å². The zero-order valence-corrected chi connectivity index (χ0v) is 10.5. The number of hydrogen-bond donors (Lipinski definition) is 3. The van der Waals surface area contributed by atoms with Crippen molar-refractivity contribution in [3.05, 3.63) is 0 Å². The normalized spacial score (nSPS) is 26.1. The first kappa shape index (κ1) is 13.5. The van der Waals surface area contributed by atoms with Gasteiger partial charge in [0.15, 0.2) is 0 Å². The Kier molecular flexibility index (Phi) is 4.74. The molecule has 94 valence electrons. The van der Waals surface area contributed by atoms with E-state index in [1.54, 1.807) is 0 Å². The van der Waals surface area contributed by atoms with Gasteiger partial charge in [-0.25, -0.2) is 0 Å². The summed E-state index contributed by atoms with van der Waals surface area (Å²) in [7, 11) is 0. The average Bonchev–Trinajstić information content (AvgIpc) is 2.24. The SMILES string of the molecule is CCC(O)CNC(=O)C1NCCCC1(C)C. The second-order valence-corrected chi connectivity index (χ2v) is 5.29. The Balaban J connectivity index is 2.46. The van der Waals surface area contributed by atoms with Crippen LogP contribution in [0.3, 0.4) is 0 Å². The summed E-state index contributed by atoms with van der Waals surface area (Å²) < 4.78 is 0. The van der Waals surface area contributed by atoms with Crippen molar-refractivity contribution < 1.29 is 9.90 Å². The van der Waals surface area contributed by atoms with Crippen LogP contribution >= 0.6 is 0 Å². The van der Waals surface area contributed by atoms with Gasteiger partial charge in [0.1, 0.15) is 0 Å². The van der Waals surface area contributed by atoms with Crippen LogP contribution < -0.4 is 10.6 Å². The molecule has 0 aromatic rings. The van der Waals surface area contributed by atoms with Crippen LogP contribution in [0, 0.1) is 5.41 Å². The van der Waals surface area contributed by atoms with Crippen LogP contribution in [0.15, 0.2) is 0 Å². The van der Waals surface area contributed by atoms with E-state index in [4.69, 9.17) is 0 Å². The van der Waals surface area contributed by atoms with E-state index in [-0.39, 0.29) is 17.4 Å². The maximum absolute atomic E-state index is 11.9. The van der Waals surface area contributed by atoms with Gasteiger partial charge in [0, 0.05) is 6.54 Å². The van der Waals surface area contributed by atoms with E-state index >= 15 is 0 Å². The molecule has 1 heterocycles. The van der Waals surface area contributed by atoms with Gasteiger partial charge in [0.2, 0.25) is 5.91 Å². The van der Waals surface area contributed by atoms with Gasteiger partial charge in [-0.3, -0.25) is 4.79 Å². The molecule has 1 aliphatic rings. The second kappa shape index (κ2) is 5.64. The Bertz CT molecular complexity index is 241. The third-order valence-corrected chi connectivity index (χ3v) is 3.37. The Morgan fingerprint density at radius 1 is 1.62 bits per heavy atom. The fourth-order valence-corrected chi connectivity index (χ4v) is 2.12. The molecule has 1 amide bonds. The number of aliphatic hydroxyl groups is 1. The quantitative estimate of drug-likeness (QED) is 0.662. The highest BCUT2D eigenvalue weighted by Crippen LogP contribution is 2.29. The topological polar surface area (TPSA) is 61.4 Å². The molecule has 0 bridgehead atoms. The lowest BCUT2D eigenvalue weighted by Gasteiger charge is -2.38. The van der Waals surface area contributed by atoms with E-state index in [0.717, 1.165) is 19.4 Å². The van der Waals surface area contributed by atoms with E-state index < -0.39 is 6.10 Å². The minimum atomic E-state index is -0.435. The average molecular weight is 228 g/mol. The minimum absolute atomic E-state index is 0.000496. The lowest BCUT2D eigenvalue weighted by molar-refractivity contribution is -0.127. The first-order valence-corrected chi connectivity index (χ1v) is 6.16. The Morgan fingerprint density at radius 3 is 2.88 bits per heavy atom. The summed E-state index contributed by atoms with van der Waals surface area (Å²) >= 11 is 0. The molecule has 1 fully saturated rings. The molecule has 0 spiro atoms. The first-order valence-electron chi connectivity index (χ1n) is 6.16. The highest BCUT2D eigenvalue weighted by Gasteiger charge is 2.36. The van der Waals surface area contributed by atoms with E-state index in [2.05, 4.69) is 24.5 Å². The van der Waals surface area contributed by atoms with Crippen LogP contribution in [0.5, 0.6) is 0 Å². The fraction of sp³-hybridized carbons (Fsp3) is 0.917. The third kappa shape index (κ3) is 3.46. The molecule has 2 unspecified atom stereocenters. The first-order chi connectivity index (χ1) is 7.47. The molecular formula is C12H24N2O2. The van der Waals surface area contributed by atoms with E-state index in [0.29, 0.717) is 13.0 Å². The molecule has 0 aromatic carbocycles. The van der Waals surface area contributed by atoms with Gasteiger partial charge < -0.3 is 15.7 Å². The molecule has 1 aliphatic heterocycles. The molecule has 16 heavy (non-hydrogen) atoms. The van der Waals surface area contributed by atoms with Crippen molar-refractivity contribution in [3.8, 4) is 0 Å². The number of aliphatic hydroxyl groups excluding tert-OH is 1. The summed E-state index contributed by atoms with van der Waals surface area (Å²) in [5.41, 5.74) is -0.000496. The maximum Gasteiger partial charge on any atom is 0.237 e. The Morgan fingerprint density at radius 2 is 2.31 bits per heavy atom. The van der Waals surface area contributed by atoms with Gasteiger partial charge in [-0.1, -0.05) is 20.8 Å².